The van der Waals surface area contributed by atoms with E-state index in [4.69, 9.17) is 4.74 Å². The first-order valence-electron chi connectivity index (χ1n) is 13.0. The number of ether oxygens (including phenoxy) is 1. The van der Waals surface area contributed by atoms with Gasteiger partial charge in [0.2, 0.25) is 11.8 Å². The summed E-state index contributed by atoms with van der Waals surface area (Å²) >= 11 is 0. The summed E-state index contributed by atoms with van der Waals surface area (Å²) in [4.78, 5) is 39.1. The minimum absolute atomic E-state index is 0.00603. The number of nitrogens with one attached hydrogen (secondary N) is 1. The van der Waals surface area contributed by atoms with Crippen molar-refractivity contribution in [3.05, 3.63) is 94.5 Å². The number of amides is 2. The third-order valence-electron chi connectivity index (χ3n) is 6.62. The molecule has 3 rings (SSSR count). The van der Waals surface area contributed by atoms with Crippen LogP contribution in [0.1, 0.15) is 32.8 Å². The predicted molar refractivity (Wildman–Crippen MR) is 155 cm³/mol. The second kappa shape index (κ2) is 13.8. The highest BCUT2D eigenvalue weighted by molar-refractivity contribution is 7.92. The number of nitrogens with zero attached hydrogens (tertiary/aromatic N) is 3. The molecule has 0 bridgehead atoms. The van der Waals surface area contributed by atoms with Crippen LogP contribution in [0.4, 0.5) is 11.4 Å². The quantitative estimate of drug-likeness (QED) is 0.236. The topological polar surface area (TPSA) is 139 Å². The number of hydrogen-bond donors (Lipinski definition) is 1. The summed E-state index contributed by atoms with van der Waals surface area (Å²) in [5, 5.41) is 14.3. The van der Waals surface area contributed by atoms with Crippen LogP contribution in [0.5, 0.6) is 5.75 Å². The number of rotatable bonds is 13. The standard InChI is InChI=1S/C29H34N4O7S/c1-5-21(2)30-29(35)22(3)31(19-23-14-16-26(40-4)17-15-23)28(34)20-32(24-10-9-11-25(18-24)33(36)37)41(38,39)27-12-7-6-8-13-27/h6-18,21-22H,5,19-20H2,1-4H3,(H,30,35)/t21-,22-/m1/s1. The first-order valence-corrected chi connectivity index (χ1v) is 14.5. The Balaban J connectivity index is 2.05. The van der Waals surface area contributed by atoms with Gasteiger partial charge in [-0.2, -0.15) is 0 Å². The van der Waals surface area contributed by atoms with Crippen molar-refractivity contribution in [1.29, 1.82) is 0 Å². The maximum absolute atomic E-state index is 13.9. The summed E-state index contributed by atoms with van der Waals surface area (Å²) < 4.78 is 33.6. The molecule has 0 spiro atoms. The third-order valence-corrected chi connectivity index (χ3v) is 8.41. The average Bonchev–Trinajstić information content (AvgIpc) is 2.98. The second-order valence-electron chi connectivity index (χ2n) is 9.47. The van der Waals surface area contributed by atoms with Gasteiger partial charge in [0, 0.05) is 24.7 Å². The molecule has 0 unspecified atom stereocenters. The molecule has 0 fully saturated rings. The van der Waals surface area contributed by atoms with E-state index in [9.17, 15) is 28.1 Å². The van der Waals surface area contributed by atoms with Crippen LogP contribution < -0.4 is 14.4 Å². The van der Waals surface area contributed by atoms with Gasteiger partial charge in [-0.3, -0.25) is 24.0 Å². The average molecular weight is 583 g/mol. The Hall–Kier alpha value is -4.45. The number of hydrogen-bond acceptors (Lipinski definition) is 7. The van der Waals surface area contributed by atoms with Crippen molar-refractivity contribution in [3.8, 4) is 5.75 Å². The fraction of sp³-hybridized carbons (Fsp3) is 0.310. The number of benzene rings is 3. The van der Waals surface area contributed by atoms with Gasteiger partial charge in [-0.25, -0.2) is 8.42 Å². The highest BCUT2D eigenvalue weighted by atomic mass is 32.2. The summed E-state index contributed by atoms with van der Waals surface area (Å²) in [6, 6.07) is 18.4. The van der Waals surface area contributed by atoms with Crippen LogP contribution in [0, 0.1) is 10.1 Å². The smallest absolute Gasteiger partial charge is 0.271 e. The molecule has 11 nitrogen and oxygen atoms in total. The molecule has 0 aliphatic rings. The Labute approximate surface area is 239 Å². The first kappa shape index (κ1) is 31.1. The van der Waals surface area contributed by atoms with Crippen LogP contribution in [-0.4, -0.2) is 55.8 Å². The third kappa shape index (κ3) is 7.82. The van der Waals surface area contributed by atoms with Crippen molar-refractivity contribution in [2.24, 2.45) is 0 Å². The molecule has 3 aromatic rings. The summed E-state index contributed by atoms with van der Waals surface area (Å²) in [6.45, 7) is 4.64. The maximum Gasteiger partial charge on any atom is 0.271 e. The van der Waals surface area contributed by atoms with E-state index in [1.165, 1.54) is 54.5 Å². The molecule has 12 heteroatoms. The van der Waals surface area contributed by atoms with Gasteiger partial charge >= 0.3 is 0 Å². The van der Waals surface area contributed by atoms with Crippen molar-refractivity contribution < 1.29 is 27.7 Å². The van der Waals surface area contributed by atoms with Gasteiger partial charge in [-0.1, -0.05) is 43.3 Å². The van der Waals surface area contributed by atoms with E-state index in [1.54, 1.807) is 37.3 Å². The lowest BCUT2D eigenvalue weighted by Crippen LogP contribution is -2.52. The Kier molecular flexibility index (Phi) is 10.4. The SMILES string of the molecule is CC[C@@H](C)NC(=O)[C@@H](C)N(Cc1ccc(OC)cc1)C(=O)CN(c1cccc([N+](=O)[O-])c1)S(=O)(=O)c1ccccc1. The number of non-ortho nitro benzene ring substituents is 1. The van der Waals surface area contributed by atoms with Gasteiger partial charge in [-0.05, 0) is 56.2 Å². The summed E-state index contributed by atoms with van der Waals surface area (Å²) in [6.07, 6.45) is 0.681. The number of methoxy groups -OCH3 is 1. The molecule has 218 valence electrons. The molecule has 0 aliphatic heterocycles. The Bertz CT molecular complexity index is 1460. The van der Waals surface area contributed by atoms with Gasteiger partial charge in [0.1, 0.15) is 18.3 Å². The first-order chi connectivity index (χ1) is 19.5. The molecule has 0 aromatic heterocycles. The number of anilines is 1. The van der Waals surface area contributed by atoms with Gasteiger partial charge < -0.3 is 15.0 Å². The lowest BCUT2D eigenvalue weighted by molar-refractivity contribution is -0.384. The Morgan fingerprint density at radius 2 is 1.66 bits per heavy atom. The molecular weight excluding hydrogens is 548 g/mol. The number of carbonyl (C=O) groups is 2. The molecule has 0 radical (unpaired) electrons. The van der Waals surface area contributed by atoms with Gasteiger partial charge in [0.15, 0.2) is 0 Å². The normalized spacial score (nSPS) is 12.6. The lowest BCUT2D eigenvalue weighted by Gasteiger charge is -2.32. The maximum atomic E-state index is 13.9. The zero-order chi connectivity index (χ0) is 30.2. The zero-order valence-corrected chi connectivity index (χ0v) is 24.2. The summed E-state index contributed by atoms with van der Waals surface area (Å²) in [5.41, 5.74) is 0.298. The van der Waals surface area contributed by atoms with E-state index in [1.807, 2.05) is 13.8 Å². The van der Waals surface area contributed by atoms with Gasteiger partial charge in [0.05, 0.1) is 22.6 Å². The van der Waals surface area contributed by atoms with Crippen molar-refractivity contribution >= 4 is 33.2 Å². The van der Waals surface area contributed by atoms with Crippen LogP contribution in [0.25, 0.3) is 0 Å². The summed E-state index contributed by atoms with van der Waals surface area (Å²) in [7, 11) is -2.80. The monoisotopic (exact) mass is 582 g/mol. The van der Waals surface area contributed by atoms with Gasteiger partial charge in [0.25, 0.3) is 15.7 Å². The number of nitro groups is 1. The molecular formula is C29H34N4O7S. The van der Waals surface area contributed by atoms with Gasteiger partial charge in [-0.15, -0.1) is 0 Å². The highest BCUT2D eigenvalue weighted by Crippen LogP contribution is 2.27. The number of sulfonamides is 1. The highest BCUT2D eigenvalue weighted by Gasteiger charge is 2.33. The molecule has 1 N–H and O–H groups in total. The van der Waals surface area contributed by atoms with E-state index >= 15 is 0 Å². The number of carbonyl (C=O) groups excluding carboxylic acids is 2. The van der Waals surface area contributed by atoms with Crippen LogP contribution in [0.3, 0.4) is 0 Å². The molecule has 2 amide bonds. The van der Waals surface area contributed by atoms with E-state index in [0.717, 1.165) is 10.4 Å². The molecule has 2 atom stereocenters. The van der Waals surface area contributed by atoms with E-state index in [0.29, 0.717) is 17.7 Å². The van der Waals surface area contributed by atoms with E-state index in [2.05, 4.69) is 5.32 Å². The minimum Gasteiger partial charge on any atom is -0.497 e. The van der Waals surface area contributed by atoms with Crippen LogP contribution in [0.2, 0.25) is 0 Å². The Morgan fingerprint density at radius 1 is 1.00 bits per heavy atom. The molecule has 41 heavy (non-hydrogen) atoms. The minimum atomic E-state index is -4.33. The summed E-state index contributed by atoms with van der Waals surface area (Å²) in [5.74, 6) is -0.451. The molecule has 0 heterocycles. The van der Waals surface area contributed by atoms with Crippen LogP contribution >= 0.6 is 0 Å². The zero-order valence-electron chi connectivity index (χ0n) is 23.4. The van der Waals surface area contributed by atoms with E-state index in [-0.39, 0.29) is 28.9 Å². The Morgan fingerprint density at radius 3 is 2.24 bits per heavy atom. The van der Waals surface area contributed by atoms with Crippen molar-refractivity contribution in [1.82, 2.24) is 10.2 Å². The fourth-order valence-electron chi connectivity index (χ4n) is 3.99. The lowest BCUT2D eigenvalue weighted by atomic mass is 10.1. The fourth-order valence-corrected chi connectivity index (χ4v) is 5.41. The van der Waals surface area contributed by atoms with Crippen molar-refractivity contribution in [2.45, 2.75) is 50.7 Å². The predicted octanol–water partition coefficient (Wildman–Crippen LogP) is 4.13. The molecule has 3 aromatic carbocycles. The molecule has 0 saturated heterocycles. The van der Waals surface area contributed by atoms with E-state index < -0.39 is 39.3 Å². The number of nitro benzene ring substituents is 1. The van der Waals surface area contributed by atoms with Crippen LogP contribution in [0.15, 0.2) is 83.8 Å². The molecule has 0 saturated carbocycles. The largest absolute Gasteiger partial charge is 0.497 e. The second-order valence-corrected chi connectivity index (χ2v) is 11.3. The molecule has 0 aliphatic carbocycles. The van der Waals surface area contributed by atoms with Crippen LogP contribution in [-0.2, 0) is 26.2 Å². The van der Waals surface area contributed by atoms with Crippen molar-refractivity contribution in [2.75, 3.05) is 18.0 Å². The van der Waals surface area contributed by atoms with Crippen molar-refractivity contribution in [3.63, 3.8) is 0 Å².